The predicted molar refractivity (Wildman–Crippen MR) is 364 cm³/mol. The molecule has 3 atom stereocenters. The molecule has 0 saturated carbocycles. The number of amides is 4. The number of aliphatic carboxylic acids is 2. The first kappa shape index (κ1) is 92.3. The summed E-state index contributed by atoms with van der Waals surface area (Å²) in [5.41, 5.74) is -1.67. The molecule has 0 unspecified atom stereocenters. The molecule has 0 radical (unpaired) electrons. The minimum Gasteiger partial charge on any atom is -0.480 e. The van der Waals surface area contributed by atoms with Crippen LogP contribution in [-0.2, 0) is 47.5 Å². The van der Waals surface area contributed by atoms with Gasteiger partial charge in [0.25, 0.3) is 5.69 Å². The van der Waals surface area contributed by atoms with Crippen LogP contribution in [0.4, 0.5) is 73.6 Å². The molecule has 0 saturated heterocycles. The van der Waals surface area contributed by atoms with Gasteiger partial charge in [-0.15, -0.1) is 35.3 Å². The normalized spacial score (nSPS) is 12.6. The number of hydrogen-bond acceptors (Lipinski definition) is 28. The highest BCUT2D eigenvalue weighted by atomic mass is 32.2. The van der Waals surface area contributed by atoms with Crippen molar-refractivity contribution in [3.8, 4) is 0 Å². The van der Waals surface area contributed by atoms with Gasteiger partial charge in [0.05, 0.1) is 64.9 Å². The number of anilines is 2. The molecule has 0 spiro atoms. The van der Waals surface area contributed by atoms with Gasteiger partial charge in [0.2, 0.25) is 17.5 Å². The number of benzene rings is 5. The van der Waals surface area contributed by atoms with E-state index in [1.807, 2.05) is 0 Å². The second-order valence-corrected chi connectivity index (χ2v) is 27.0. The van der Waals surface area contributed by atoms with E-state index < -0.39 is 190 Å². The quantitative estimate of drug-likeness (QED) is 0.00724. The fourth-order valence-corrected chi connectivity index (χ4v) is 10.5. The van der Waals surface area contributed by atoms with Crippen LogP contribution in [0.25, 0.3) is 0 Å². The van der Waals surface area contributed by atoms with Crippen LogP contribution in [0.2, 0.25) is 0 Å². The molecule has 1 aliphatic rings. The minimum atomic E-state index is -1.69. The van der Waals surface area contributed by atoms with E-state index in [1.54, 1.807) is 62.3 Å². The van der Waals surface area contributed by atoms with Crippen LogP contribution in [0.5, 0.6) is 0 Å². The van der Waals surface area contributed by atoms with E-state index in [-0.39, 0.29) is 61.7 Å². The van der Waals surface area contributed by atoms with Gasteiger partial charge >= 0.3 is 71.4 Å². The summed E-state index contributed by atoms with van der Waals surface area (Å²) in [4.78, 5) is 155. The third-order valence-corrected chi connectivity index (χ3v) is 15.6. The van der Waals surface area contributed by atoms with Crippen molar-refractivity contribution in [2.24, 2.45) is 0 Å². The number of aromatic carboxylic acids is 1. The second-order valence-electron chi connectivity index (χ2n) is 23.8. The monoisotopic (exact) mass is 1600 g/mol. The SMILES string of the molecule is COC(=O)c1cc(N)c(SC[C@H](NC(=O)OC(C)(C)C)C(=O)O)cc1F.COC(=O)c1cc([N+](=O)[O-])c(F)cc1F.COC(=O)c1cc([N+](=O)[O-])c(SC[C@H](NC(=O)OC(C)(C)C)C(=O)O)cc1F.COC(=O)c1cc2c(cc1F)SC[C@H](NC(=O)OC(C)(C)C)C(=O)N2.O=C(O)c1cc([N+](=O)[O-])c(F)cc1F. The average Bonchev–Trinajstić information content (AvgIpc) is 1.37. The Bertz CT molecular complexity index is 4260. The highest BCUT2D eigenvalue weighted by Gasteiger charge is 2.33. The van der Waals surface area contributed by atoms with Crippen LogP contribution in [0.3, 0.4) is 0 Å². The number of nitro benzene ring substituents is 3. The number of esters is 4. The van der Waals surface area contributed by atoms with E-state index in [0.717, 1.165) is 64.5 Å². The number of carbonyl (C=O) groups excluding carboxylic acids is 8. The number of carbonyl (C=O) groups is 11. The Hall–Kier alpha value is -11.8. The molecule has 6 rings (SSSR count). The molecule has 4 amide bonds. The van der Waals surface area contributed by atoms with Crippen LogP contribution < -0.4 is 27.0 Å². The van der Waals surface area contributed by atoms with Crippen molar-refractivity contribution in [1.29, 1.82) is 0 Å². The number of nitrogens with two attached hydrogens (primary N) is 1. The summed E-state index contributed by atoms with van der Waals surface area (Å²) in [7, 11) is 4.23. The second kappa shape index (κ2) is 40.6. The van der Waals surface area contributed by atoms with Crippen molar-refractivity contribution < 1.29 is 147 Å². The summed E-state index contributed by atoms with van der Waals surface area (Å²) in [5, 5.41) is 67.9. The number of nitro groups is 3. The molecule has 1 heterocycles. The van der Waals surface area contributed by atoms with Crippen LogP contribution in [0.15, 0.2) is 75.4 Å². The lowest BCUT2D eigenvalue weighted by Gasteiger charge is -2.22. The standard InChI is InChI=1S/C16H19FN2O8S.C16H21FN2O6S.C16H19FN2O5S.C8H5F2NO4.C7H3F2NO4/c1-16(2,3)27-15(23)18-10(13(20)21)7-28-12-6-9(17)8(14(22)26-4)5-11(12)19(24)25;1-16(2,3)25-15(23)19-11(13(20)21)7-26-12-6-9(17)8(5-10(12)18)14(22)24-4;1-16(2,3)24-15(22)19-11-7-25-12-6-9(17)8(14(21)23-4)5-10(12)18-13(11)20;1-15-8(12)4-2-7(11(13)14)6(10)3-5(4)9;8-4-2-5(9)6(10(13)14)1-3(4)7(11)12/h5-6,10H,7H2,1-4H3,(H,18,23)(H,20,21);5-6,11H,7,18H2,1-4H3,(H,19,23)(H,20,21);5-6,11H,7H2,1-4H3,(H,18,20)(H,19,22);2-3H,1H3;1-2H,(H,11,12)/t10-;2*11-;;/m000../s1. The zero-order valence-corrected chi connectivity index (χ0v) is 61.0. The number of ether oxygens (including phenoxy) is 7. The Morgan fingerprint density at radius 2 is 0.843 bits per heavy atom. The fraction of sp³-hybridized carbons (Fsp3) is 0.349. The Balaban J connectivity index is 0.000000469. The van der Waals surface area contributed by atoms with Crippen LogP contribution in [0, 0.1) is 71.1 Å². The first-order chi connectivity index (χ1) is 49.8. The van der Waals surface area contributed by atoms with Crippen molar-refractivity contribution in [2.45, 2.75) is 112 Å². The maximum Gasteiger partial charge on any atom is 0.408 e. The van der Waals surface area contributed by atoms with Crippen LogP contribution >= 0.6 is 35.3 Å². The molecule has 588 valence electrons. The number of halogens is 7. The third-order valence-electron chi connectivity index (χ3n) is 12.2. The van der Waals surface area contributed by atoms with E-state index in [1.165, 1.54) is 17.8 Å². The summed E-state index contributed by atoms with van der Waals surface area (Å²) < 4.78 is 126. The summed E-state index contributed by atoms with van der Waals surface area (Å²) >= 11 is 2.72. The van der Waals surface area contributed by atoms with Crippen molar-refractivity contribution in [1.82, 2.24) is 16.0 Å². The maximum absolute atomic E-state index is 14.1. The topological polar surface area (TPSA) is 517 Å². The molecule has 5 aromatic rings. The van der Waals surface area contributed by atoms with Gasteiger partial charge in [-0.3, -0.25) is 35.1 Å². The number of fused-ring (bicyclic) bond motifs is 1. The number of thioether (sulfide) groups is 3. The highest BCUT2D eigenvalue weighted by Crippen LogP contribution is 2.36. The zero-order chi connectivity index (χ0) is 83.0. The van der Waals surface area contributed by atoms with Crippen LogP contribution in [0.1, 0.15) is 114 Å². The first-order valence-corrected chi connectivity index (χ1v) is 32.6. The zero-order valence-electron chi connectivity index (χ0n) is 58.6. The summed E-state index contributed by atoms with van der Waals surface area (Å²) in [6, 6.07) is 3.62. The van der Waals surface area contributed by atoms with Gasteiger partial charge in [0, 0.05) is 63.1 Å². The molecular weight excluding hydrogens is 1530 g/mol. The molecule has 0 fully saturated rings. The van der Waals surface area contributed by atoms with E-state index in [9.17, 15) is 124 Å². The Kier molecular flexibility index (Phi) is 34.7. The van der Waals surface area contributed by atoms with E-state index in [4.69, 9.17) is 25.1 Å². The number of nitrogens with zero attached hydrogens (tertiary/aromatic N) is 3. The number of nitrogens with one attached hydrogen (secondary N) is 4. The lowest BCUT2D eigenvalue weighted by molar-refractivity contribution is -0.387. The highest BCUT2D eigenvalue weighted by molar-refractivity contribution is 8.00. The first-order valence-electron chi connectivity index (χ1n) is 29.7. The number of carboxylic acid groups (broad SMARTS) is 3. The molecular formula is C63H67F7N8O27S3. The van der Waals surface area contributed by atoms with Crippen molar-refractivity contribution in [3.63, 3.8) is 0 Å². The molecule has 45 heteroatoms. The van der Waals surface area contributed by atoms with Crippen molar-refractivity contribution in [3.05, 3.63) is 160 Å². The van der Waals surface area contributed by atoms with Crippen molar-refractivity contribution in [2.75, 3.05) is 56.7 Å². The summed E-state index contributed by atoms with van der Waals surface area (Å²) in [6.07, 6.45) is -2.59. The molecule has 35 nitrogen and oxygen atoms in total. The largest absolute Gasteiger partial charge is 0.480 e. The van der Waals surface area contributed by atoms with Gasteiger partial charge in [-0.2, -0.15) is 8.78 Å². The lowest BCUT2D eigenvalue weighted by Crippen LogP contribution is -2.46. The average molecular weight is 1600 g/mol. The maximum atomic E-state index is 14.1. The summed E-state index contributed by atoms with van der Waals surface area (Å²) in [6.45, 7) is 14.8. The molecule has 1 aliphatic heterocycles. The molecule has 0 aliphatic carbocycles. The summed E-state index contributed by atoms with van der Waals surface area (Å²) in [5.74, 6) is -17.0. The van der Waals surface area contributed by atoms with Gasteiger partial charge in [-0.25, -0.2) is 69.9 Å². The van der Waals surface area contributed by atoms with E-state index in [0.29, 0.717) is 34.9 Å². The van der Waals surface area contributed by atoms with Crippen molar-refractivity contribution >= 4 is 130 Å². The number of methoxy groups -OCH3 is 4. The number of carboxylic acids is 3. The number of nitrogen functional groups attached to an aromatic ring is 1. The van der Waals surface area contributed by atoms with Crippen LogP contribution in [-0.4, -0.2) is 177 Å². The van der Waals surface area contributed by atoms with E-state index in [2.05, 4.69) is 40.2 Å². The Morgan fingerprint density at radius 1 is 0.509 bits per heavy atom. The number of alkyl carbamates (subject to hydrolysis) is 3. The Labute approximate surface area is 618 Å². The van der Waals surface area contributed by atoms with Gasteiger partial charge in [-0.05, 0) is 92.6 Å². The minimum absolute atomic E-state index is 0.0817. The number of hydrogen-bond donors (Lipinski definition) is 8. The molecule has 5 aromatic carbocycles. The molecule has 9 N–H and O–H groups in total. The Morgan fingerprint density at radius 3 is 1.22 bits per heavy atom. The molecule has 0 bridgehead atoms. The fourth-order valence-electron chi connectivity index (χ4n) is 7.48. The number of rotatable bonds is 19. The van der Waals surface area contributed by atoms with Gasteiger partial charge in [-0.1, -0.05) is 0 Å². The predicted octanol–water partition coefficient (Wildman–Crippen LogP) is 10.6. The molecule has 0 aromatic heterocycles. The smallest absolute Gasteiger partial charge is 0.408 e. The van der Waals surface area contributed by atoms with Gasteiger partial charge in [0.15, 0.2) is 0 Å². The molecule has 108 heavy (non-hydrogen) atoms. The van der Waals surface area contributed by atoms with Gasteiger partial charge in [0.1, 0.15) is 80.7 Å². The van der Waals surface area contributed by atoms with Gasteiger partial charge < -0.3 is 75.5 Å². The third kappa shape index (κ3) is 29.6. The van der Waals surface area contributed by atoms with E-state index >= 15 is 0 Å². The lowest BCUT2D eigenvalue weighted by atomic mass is 10.1.